The number of sulfone groups is 1. The Balaban J connectivity index is 1.35. The molecular weight excluding hydrogens is 412 g/mol. The lowest BCUT2D eigenvalue weighted by molar-refractivity contribution is -0.131. The molecule has 0 atom stereocenters. The van der Waals surface area contributed by atoms with Crippen LogP contribution in [0.4, 0.5) is 0 Å². The third-order valence-corrected chi connectivity index (χ3v) is 7.87. The molecule has 0 aliphatic carbocycles. The summed E-state index contributed by atoms with van der Waals surface area (Å²) in [6.45, 7) is 3.26. The first kappa shape index (κ1) is 21.5. The second-order valence-corrected chi connectivity index (χ2v) is 10.2. The largest absolute Gasteiger partial charge is 0.343 e. The molecule has 7 nitrogen and oxygen atoms in total. The first-order chi connectivity index (χ1) is 14.9. The summed E-state index contributed by atoms with van der Waals surface area (Å²) in [5, 5.41) is 5.73. The molecule has 0 radical (unpaired) electrons. The van der Waals surface area contributed by atoms with Gasteiger partial charge in [-0.1, -0.05) is 19.1 Å². The van der Waals surface area contributed by atoms with Crippen LogP contribution in [-0.2, 0) is 28.1 Å². The van der Waals surface area contributed by atoms with E-state index in [2.05, 4.69) is 10.1 Å². The zero-order valence-corrected chi connectivity index (χ0v) is 18.8. The molecule has 1 fully saturated rings. The number of pyridine rings is 1. The van der Waals surface area contributed by atoms with Crippen molar-refractivity contribution in [1.82, 2.24) is 19.7 Å². The van der Waals surface area contributed by atoms with Crippen LogP contribution in [0.3, 0.4) is 0 Å². The van der Waals surface area contributed by atoms with Gasteiger partial charge < -0.3 is 4.90 Å². The van der Waals surface area contributed by atoms with Crippen molar-refractivity contribution in [1.29, 1.82) is 0 Å². The number of amides is 1. The minimum absolute atomic E-state index is 0.0129. The maximum Gasteiger partial charge on any atom is 0.223 e. The van der Waals surface area contributed by atoms with E-state index in [1.165, 1.54) is 0 Å². The van der Waals surface area contributed by atoms with Gasteiger partial charge in [-0.15, -0.1) is 0 Å². The average Bonchev–Trinajstić information content (AvgIpc) is 3.14. The van der Waals surface area contributed by atoms with Gasteiger partial charge in [0.25, 0.3) is 0 Å². The smallest absolute Gasteiger partial charge is 0.223 e. The van der Waals surface area contributed by atoms with Crippen LogP contribution < -0.4 is 0 Å². The van der Waals surface area contributed by atoms with Crippen molar-refractivity contribution in [2.24, 2.45) is 7.05 Å². The van der Waals surface area contributed by atoms with Gasteiger partial charge in [-0.05, 0) is 49.1 Å². The molecule has 0 N–H and O–H groups in total. The van der Waals surface area contributed by atoms with Gasteiger partial charge in [0.05, 0.1) is 16.3 Å². The SMILES string of the molecule is CCc1ccc(S(=O)(=O)CCC(=O)N2CCC(c3nn(C)c4ncccc34)CC2)cc1. The van der Waals surface area contributed by atoms with Crippen molar-refractivity contribution in [2.75, 3.05) is 18.8 Å². The summed E-state index contributed by atoms with van der Waals surface area (Å²) in [6, 6.07) is 10.9. The second kappa shape index (κ2) is 8.78. The number of piperidine rings is 1. The minimum atomic E-state index is -3.46. The number of rotatable bonds is 6. The zero-order chi connectivity index (χ0) is 22.0. The number of likely N-dealkylation sites (tertiary alicyclic amines) is 1. The van der Waals surface area contributed by atoms with Gasteiger partial charge in [-0.25, -0.2) is 13.4 Å². The molecule has 3 heterocycles. The van der Waals surface area contributed by atoms with E-state index in [4.69, 9.17) is 0 Å². The molecule has 3 aromatic rings. The number of carbonyl (C=O) groups is 1. The Morgan fingerprint density at radius 2 is 1.84 bits per heavy atom. The van der Waals surface area contributed by atoms with E-state index < -0.39 is 9.84 Å². The first-order valence-electron chi connectivity index (χ1n) is 10.8. The van der Waals surface area contributed by atoms with Gasteiger partial charge in [0.15, 0.2) is 15.5 Å². The van der Waals surface area contributed by atoms with Crippen LogP contribution in [0.15, 0.2) is 47.5 Å². The van der Waals surface area contributed by atoms with Crippen molar-refractivity contribution in [2.45, 2.75) is 43.4 Å². The van der Waals surface area contributed by atoms with Gasteiger partial charge in [0.2, 0.25) is 5.91 Å². The molecule has 0 saturated carbocycles. The van der Waals surface area contributed by atoms with E-state index in [0.717, 1.165) is 41.6 Å². The Bertz CT molecular complexity index is 1180. The molecule has 4 rings (SSSR count). The fourth-order valence-corrected chi connectivity index (χ4v) is 5.48. The highest BCUT2D eigenvalue weighted by molar-refractivity contribution is 7.91. The number of carbonyl (C=O) groups excluding carboxylic acids is 1. The molecule has 1 aromatic carbocycles. The van der Waals surface area contributed by atoms with Gasteiger partial charge in [-0.2, -0.15) is 5.10 Å². The van der Waals surface area contributed by atoms with Crippen LogP contribution in [0, 0.1) is 0 Å². The maximum absolute atomic E-state index is 12.7. The van der Waals surface area contributed by atoms with Gasteiger partial charge in [0.1, 0.15) is 0 Å². The van der Waals surface area contributed by atoms with E-state index in [9.17, 15) is 13.2 Å². The van der Waals surface area contributed by atoms with Crippen molar-refractivity contribution in [3.8, 4) is 0 Å². The highest BCUT2D eigenvalue weighted by Crippen LogP contribution is 2.31. The maximum atomic E-state index is 12.7. The Hall–Kier alpha value is -2.74. The van der Waals surface area contributed by atoms with Crippen molar-refractivity contribution in [3.05, 3.63) is 53.9 Å². The number of hydrogen-bond donors (Lipinski definition) is 0. The summed E-state index contributed by atoms with van der Waals surface area (Å²) in [4.78, 5) is 19.1. The number of hydrogen-bond acceptors (Lipinski definition) is 5. The third kappa shape index (κ3) is 4.49. The van der Waals surface area contributed by atoms with Gasteiger partial charge >= 0.3 is 0 Å². The topological polar surface area (TPSA) is 85.2 Å². The number of aromatic nitrogens is 3. The van der Waals surface area contributed by atoms with Crippen LogP contribution in [-0.4, -0.2) is 52.8 Å². The molecule has 8 heteroatoms. The molecule has 1 saturated heterocycles. The summed E-state index contributed by atoms with van der Waals surface area (Å²) >= 11 is 0. The number of aryl methyl sites for hydroxylation is 2. The monoisotopic (exact) mass is 440 g/mol. The average molecular weight is 441 g/mol. The predicted molar refractivity (Wildman–Crippen MR) is 120 cm³/mol. The lowest BCUT2D eigenvalue weighted by Gasteiger charge is -2.31. The predicted octanol–water partition coefficient (Wildman–Crippen LogP) is 3.10. The Morgan fingerprint density at radius 3 is 2.52 bits per heavy atom. The van der Waals surface area contributed by atoms with Gasteiger partial charge in [0, 0.05) is 44.1 Å². The zero-order valence-electron chi connectivity index (χ0n) is 18.0. The highest BCUT2D eigenvalue weighted by Gasteiger charge is 2.28. The summed E-state index contributed by atoms with van der Waals surface area (Å²) in [5.41, 5.74) is 3.00. The van der Waals surface area contributed by atoms with Crippen LogP contribution in [0.1, 0.15) is 43.4 Å². The van der Waals surface area contributed by atoms with Crippen molar-refractivity contribution in [3.63, 3.8) is 0 Å². The lowest BCUT2D eigenvalue weighted by Crippen LogP contribution is -2.38. The Kier molecular flexibility index (Phi) is 6.09. The van der Waals surface area contributed by atoms with Crippen LogP contribution in [0.2, 0.25) is 0 Å². The van der Waals surface area contributed by atoms with Crippen LogP contribution >= 0.6 is 0 Å². The number of fused-ring (bicyclic) bond motifs is 1. The molecule has 0 unspecified atom stereocenters. The summed E-state index contributed by atoms with van der Waals surface area (Å²) in [6.07, 6.45) is 4.27. The molecule has 1 amide bonds. The molecular formula is C23H28N4O3S. The quantitative estimate of drug-likeness (QED) is 0.588. The molecule has 1 aliphatic rings. The number of benzene rings is 1. The summed E-state index contributed by atoms with van der Waals surface area (Å²) in [7, 11) is -1.56. The summed E-state index contributed by atoms with van der Waals surface area (Å²) in [5.74, 6) is 0.0193. The molecule has 164 valence electrons. The second-order valence-electron chi connectivity index (χ2n) is 8.10. The lowest BCUT2D eigenvalue weighted by atomic mass is 9.92. The van der Waals surface area contributed by atoms with E-state index >= 15 is 0 Å². The molecule has 1 aliphatic heterocycles. The minimum Gasteiger partial charge on any atom is -0.343 e. The molecule has 2 aromatic heterocycles. The van der Waals surface area contributed by atoms with Gasteiger partial charge in [-0.3, -0.25) is 9.48 Å². The Morgan fingerprint density at radius 1 is 1.13 bits per heavy atom. The third-order valence-electron chi connectivity index (χ3n) is 6.14. The molecule has 0 spiro atoms. The van der Waals surface area contributed by atoms with Crippen LogP contribution in [0.5, 0.6) is 0 Å². The van der Waals surface area contributed by atoms with E-state index in [-0.39, 0.29) is 28.9 Å². The van der Waals surface area contributed by atoms with E-state index in [0.29, 0.717) is 13.1 Å². The number of nitrogens with zero attached hydrogens (tertiary/aromatic N) is 4. The summed E-state index contributed by atoms with van der Waals surface area (Å²) < 4.78 is 27.0. The van der Waals surface area contributed by atoms with E-state index in [1.807, 2.05) is 38.2 Å². The first-order valence-corrected chi connectivity index (χ1v) is 12.4. The van der Waals surface area contributed by atoms with Crippen molar-refractivity contribution < 1.29 is 13.2 Å². The standard InChI is InChI=1S/C23H28N4O3S/c1-3-17-6-8-19(9-7-17)31(29,30)16-12-21(28)27-14-10-18(11-15-27)22-20-5-4-13-24-23(20)26(2)25-22/h4-9,13,18H,3,10-12,14-16H2,1-2H3. The highest BCUT2D eigenvalue weighted by atomic mass is 32.2. The normalized spacial score (nSPS) is 15.5. The molecule has 0 bridgehead atoms. The Labute approximate surface area is 183 Å². The van der Waals surface area contributed by atoms with Crippen molar-refractivity contribution >= 4 is 26.8 Å². The fraction of sp³-hybridized carbons (Fsp3) is 0.435. The van der Waals surface area contributed by atoms with E-state index in [1.54, 1.807) is 27.9 Å². The fourth-order valence-electron chi connectivity index (χ4n) is 4.25. The van der Waals surface area contributed by atoms with Crippen LogP contribution in [0.25, 0.3) is 11.0 Å². The molecule has 31 heavy (non-hydrogen) atoms.